The maximum Gasteiger partial charge on any atom is 0.414 e. The third kappa shape index (κ3) is 7.53. The minimum atomic E-state index is -1.31. The molecule has 24 heavy (non-hydrogen) atoms. The summed E-state index contributed by atoms with van der Waals surface area (Å²) in [5.74, 6) is -0.567. The highest BCUT2D eigenvalue weighted by atomic mass is 35.5. The smallest absolute Gasteiger partial charge is 0.414 e. The SMILES string of the molecule is C/C(=C\C(=O)NC1CCC(OC(=O)NC(=O)C(Cl)Cl)CC1)C(C)C. The quantitative estimate of drug-likeness (QED) is 0.568. The number of hydrogen-bond donors (Lipinski definition) is 2. The second kappa shape index (κ2) is 9.89. The van der Waals surface area contributed by atoms with Crippen LogP contribution >= 0.6 is 23.2 Å². The molecule has 2 N–H and O–H groups in total. The first kappa shape index (κ1) is 20.8. The molecule has 0 heterocycles. The van der Waals surface area contributed by atoms with Gasteiger partial charge in [0.25, 0.3) is 5.91 Å². The molecule has 0 aromatic carbocycles. The highest BCUT2D eigenvalue weighted by Gasteiger charge is 2.26. The maximum atomic E-state index is 11.9. The molecule has 1 rings (SSSR count). The number of halogens is 2. The number of hydrogen-bond acceptors (Lipinski definition) is 4. The van der Waals surface area contributed by atoms with Crippen LogP contribution in [0.25, 0.3) is 0 Å². The van der Waals surface area contributed by atoms with Crippen LogP contribution in [0, 0.1) is 5.92 Å². The Balaban J connectivity index is 2.34. The van der Waals surface area contributed by atoms with E-state index in [0.29, 0.717) is 31.6 Å². The van der Waals surface area contributed by atoms with Crippen molar-refractivity contribution in [2.75, 3.05) is 0 Å². The van der Waals surface area contributed by atoms with E-state index in [4.69, 9.17) is 27.9 Å². The number of carbonyl (C=O) groups excluding carboxylic acids is 3. The van der Waals surface area contributed by atoms with Gasteiger partial charge in [-0.15, -0.1) is 0 Å². The zero-order valence-corrected chi connectivity index (χ0v) is 15.6. The highest BCUT2D eigenvalue weighted by Crippen LogP contribution is 2.21. The third-order valence-electron chi connectivity index (χ3n) is 3.99. The number of alkyl carbamates (subject to hydrolysis) is 1. The fourth-order valence-corrected chi connectivity index (χ4v) is 2.39. The summed E-state index contributed by atoms with van der Waals surface area (Å²) in [4.78, 5) is 33.3. The average Bonchev–Trinajstić information content (AvgIpc) is 2.48. The number of allylic oxidation sites excluding steroid dienone is 1. The Kier molecular flexibility index (Phi) is 8.56. The summed E-state index contributed by atoms with van der Waals surface area (Å²) in [5, 5.41) is 4.93. The number of nitrogens with one attached hydrogen (secondary N) is 2. The monoisotopic (exact) mass is 378 g/mol. The summed E-state index contributed by atoms with van der Waals surface area (Å²) in [7, 11) is 0. The lowest BCUT2D eigenvalue weighted by molar-refractivity contribution is -0.119. The molecule has 0 aromatic heterocycles. The molecule has 1 aliphatic carbocycles. The van der Waals surface area contributed by atoms with E-state index < -0.39 is 16.8 Å². The van der Waals surface area contributed by atoms with Gasteiger partial charge in [-0.1, -0.05) is 42.6 Å². The van der Waals surface area contributed by atoms with E-state index in [0.717, 1.165) is 5.57 Å². The Morgan fingerprint density at radius 1 is 1.12 bits per heavy atom. The Labute approximate surface area is 152 Å². The van der Waals surface area contributed by atoms with Crippen LogP contribution in [0.1, 0.15) is 46.5 Å². The van der Waals surface area contributed by atoms with Gasteiger partial charge >= 0.3 is 6.09 Å². The molecule has 0 radical (unpaired) electrons. The van der Waals surface area contributed by atoms with Crippen LogP contribution in [0.3, 0.4) is 0 Å². The van der Waals surface area contributed by atoms with Crippen LogP contribution < -0.4 is 10.6 Å². The van der Waals surface area contributed by atoms with Gasteiger partial charge in [-0.25, -0.2) is 4.79 Å². The molecule has 1 saturated carbocycles. The van der Waals surface area contributed by atoms with Gasteiger partial charge in [-0.05, 0) is 38.5 Å². The first-order valence-electron chi connectivity index (χ1n) is 7.97. The summed E-state index contributed by atoms with van der Waals surface area (Å²) >= 11 is 10.7. The lowest BCUT2D eigenvalue weighted by atomic mass is 9.93. The predicted octanol–water partition coefficient (Wildman–Crippen LogP) is 3.07. The van der Waals surface area contributed by atoms with Crippen molar-refractivity contribution in [3.63, 3.8) is 0 Å². The second-order valence-electron chi connectivity index (χ2n) is 6.22. The van der Waals surface area contributed by atoms with Gasteiger partial charge in [0, 0.05) is 12.1 Å². The minimum Gasteiger partial charge on any atom is -0.446 e. The third-order valence-corrected chi connectivity index (χ3v) is 4.38. The van der Waals surface area contributed by atoms with Gasteiger partial charge in [-0.3, -0.25) is 14.9 Å². The molecule has 3 amide bonds. The molecule has 136 valence electrons. The zero-order chi connectivity index (χ0) is 18.3. The molecule has 8 heteroatoms. The van der Waals surface area contributed by atoms with Crippen molar-refractivity contribution in [1.82, 2.24) is 10.6 Å². The lowest BCUT2D eigenvalue weighted by Crippen LogP contribution is -2.41. The number of amides is 3. The molecule has 0 bridgehead atoms. The molecular formula is C16H24Cl2N2O4. The fourth-order valence-electron chi connectivity index (χ4n) is 2.28. The molecule has 0 atom stereocenters. The standard InChI is InChI=1S/C16H24Cl2N2O4/c1-9(2)10(3)8-13(21)19-11-4-6-12(7-5-11)24-16(23)20-15(22)14(17)18/h8-9,11-12,14H,4-7H2,1-3H3,(H,19,21)(H,20,22,23)/b10-8+. The molecular weight excluding hydrogens is 355 g/mol. The zero-order valence-electron chi connectivity index (χ0n) is 14.1. The summed E-state index contributed by atoms with van der Waals surface area (Å²) in [6.07, 6.45) is 3.13. The molecule has 1 aliphatic rings. The predicted molar refractivity (Wildman–Crippen MR) is 92.9 cm³/mol. The molecule has 6 nitrogen and oxygen atoms in total. The van der Waals surface area contributed by atoms with Crippen LogP contribution in [0.4, 0.5) is 4.79 Å². The maximum absolute atomic E-state index is 11.9. The molecule has 0 unspecified atom stereocenters. The van der Waals surface area contributed by atoms with Crippen molar-refractivity contribution in [2.24, 2.45) is 5.92 Å². The van der Waals surface area contributed by atoms with Crippen molar-refractivity contribution < 1.29 is 19.1 Å². The molecule has 1 fully saturated rings. The van der Waals surface area contributed by atoms with Crippen LogP contribution in [0.2, 0.25) is 0 Å². The van der Waals surface area contributed by atoms with Crippen molar-refractivity contribution in [3.05, 3.63) is 11.6 Å². The van der Waals surface area contributed by atoms with Crippen LogP contribution in [-0.2, 0) is 14.3 Å². The van der Waals surface area contributed by atoms with Crippen LogP contribution in [-0.4, -0.2) is 34.9 Å². The van der Waals surface area contributed by atoms with Crippen LogP contribution in [0.5, 0.6) is 0 Å². The molecule has 0 spiro atoms. The van der Waals surface area contributed by atoms with Crippen molar-refractivity contribution in [1.29, 1.82) is 0 Å². The van der Waals surface area contributed by atoms with Gasteiger partial charge < -0.3 is 10.1 Å². The number of rotatable bonds is 5. The first-order valence-corrected chi connectivity index (χ1v) is 8.84. The number of ether oxygens (including phenoxy) is 1. The number of alkyl halides is 2. The summed E-state index contributed by atoms with van der Waals surface area (Å²) < 4.78 is 5.15. The number of imide groups is 1. The molecule has 0 aliphatic heterocycles. The minimum absolute atomic E-state index is 0.0633. The van der Waals surface area contributed by atoms with E-state index in [1.165, 1.54) is 0 Å². The lowest BCUT2D eigenvalue weighted by Gasteiger charge is -2.28. The van der Waals surface area contributed by atoms with Crippen molar-refractivity contribution >= 4 is 41.1 Å². The molecule has 0 saturated heterocycles. The van der Waals surface area contributed by atoms with E-state index in [9.17, 15) is 14.4 Å². The largest absolute Gasteiger partial charge is 0.446 e. The van der Waals surface area contributed by atoms with E-state index in [2.05, 4.69) is 5.32 Å². The van der Waals surface area contributed by atoms with Gasteiger partial charge in [-0.2, -0.15) is 0 Å². The van der Waals surface area contributed by atoms with Gasteiger partial charge in [0.2, 0.25) is 5.91 Å². The second-order valence-corrected chi connectivity index (χ2v) is 7.32. The van der Waals surface area contributed by atoms with Crippen molar-refractivity contribution in [3.8, 4) is 0 Å². The van der Waals surface area contributed by atoms with Crippen molar-refractivity contribution in [2.45, 2.75) is 63.4 Å². The van der Waals surface area contributed by atoms with Gasteiger partial charge in [0.05, 0.1) is 0 Å². The summed E-state index contributed by atoms with van der Waals surface area (Å²) in [6, 6.07) is 0.0633. The van der Waals surface area contributed by atoms with Gasteiger partial charge in [0.1, 0.15) is 6.10 Å². The Morgan fingerprint density at radius 3 is 2.21 bits per heavy atom. The first-order chi connectivity index (χ1) is 11.2. The van der Waals surface area contributed by atoms with E-state index in [-0.39, 0.29) is 18.1 Å². The normalized spacial score (nSPS) is 21.5. The summed E-state index contributed by atoms with van der Waals surface area (Å²) in [6.45, 7) is 6.00. The van der Waals surface area contributed by atoms with E-state index >= 15 is 0 Å². The van der Waals surface area contributed by atoms with E-state index in [1.807, 2.05) is 26.1 Å². The Bertz CT molecular complexity index is 498. The Hall–Kier alpha value is -1.27. The van der Waals surface area contributed by atoms with Gasteiger partial charge in [0.15, 0.2) is 4.84 Å². The van der Waals surface area contributed by atoms with Crippen LogP contribution in [0.15, 0.2) is 11.6 Å². The number of carbonyl (C=O) groups is 3. The summed E-state index contributed by atoms with van der Waals surface area (Å²) in [5.41, 5.74) is 1.03. The topological polar surface area (TPSA) is 84.5 Å². The molecule has 0 aromatic rings. The fraction of sp³-hybridized carbons (Fsp3) is 0.688. The van der Waals surface area contributed by atoms with E-state index in [1.54, 1.807) is 6.08 Å². The highest BCUT2D eigenvalue weighted by molar-refractivity contribution is 6.53. The Morgan fingerprint density at radius 2 is 1.71 bits per heavy atom. The average molecular weight is 379 g/mol.